The zero-order valence-electron chi connectivity index (χ0n) is 16.1. The summed E-state index contributed by atoms with van der Waals surface area (Å²) in [5.74, 6) is -0.655. The van der Waals surface area contributed by atoms with Crippen molar-refractivity contribution < 1.29 is 26.4 Å². The van der Waals surface area contributed by atoms with Crippen LogP contribution in [0.3, 0.4) is 0 Å². The minimum atomic E-state index is -4.09. The van der Waals surface area contributed by atoms with Gasteiger partial charge in [0.25, 0.3) is 0 Å². The molecule has 1 aliphatic heterocycles. The maximum Gasteiger partial charge on any atom is 0.325 e. The Bertz CT molecular complexity index is 919. The summed E-state index contributed by atoms with van der Waals surface area (Å²) in [4.78, 5) is 12.1. The van der Waals surface area contributed by atoms with Crippen molar-refractivity contribution in [3.63, 3.8) is 0 Å². The Labute approximate surface area is 160 Å². The highest BCUT2D eigenvalue weighted by molar-refractivity contribution is 7.91. The van der Waals surface area contributed by atoms with E-state index in [9.17, 15) is 21.6 Å². The molecule has 1 N–H and O–H groups in total. The first-order valence-corrected chi connectivity index (χ1v) is 11.8. The fourth-order valence-electron chi connectivity index (χ4n) is 3.14. The van der Waals surface area contributed by atoms with Gasteiger partial charge >= 0.3 is 5.97 Å². The molecule has 1 aromatic carbocycles. The van der Waals surface area contributed by atoms with Crippen LogP contribution >= 0.6 is 0 Å². The minimum absolute atomic E-state index is 0.0956. The van der Waals surface area contributed by atoms with E-state index in [-0.39, 0.29) is 21.9 Å². The standard InChI is InChI=1S/C17H26N2O6S2/c1-17(2,3)18-14-9-10-19(15(14)16(20)25-4)27(23,24)13-8-6-7-12(11-13)26(5,21)22/h6-8,11,14-15,18H,9-10H2,1-5H3/t14?,15-/m0/s1. The SMILES string of the molecule is COC(=O)[C@@H]1C(NC(C)(C)C)CCN1S(=O)(=O)c1cccc(S(C)(=O)=O)c1. The van der Waals surface area contributed by atoms with Gasteiger partial charge in [-0.25, -0.2) is 16.8 Å². The summed E-state index contributed by atoms with van der Waals surface area (Å²) in [7, 11) is -6.44. The monoisotopic (exact) mass is 418 g/mol. The van der Waals surface area contributed by atoms with Crippen molar-refractivity contribution in [1.82, 2.24) is 9.62 Å². The third kappa shape index (κ3) is 4.87. The van der Waals surface area contributed by atoms with Crippen LogP contribution in [0.2, 0.25) is 0 Å². The van der Waals surface area contributed by atoms with E-state index in [4.69, 9.17) is 4.74 Å². The predicted molar refractivity (Wildman–Crippen MR) is 101 cm³/mol. The van der Waals surface area contributed by atoms with E-state index < -0.39 is 37.9 Å². The van der Waals surface area contributed by atoms with E-state index >= 15 is 0 Å². The van der Waals surface area contributed by atoms with Crippen LogP contribution in [0.1, 0.15) is 27.2 Å². The van der Waals surface area contributed by atoms with Crippen LogP contribution in [0.15, 0.2) is 34.1 Å². The highest BCUT2D eigenvalue weighted by atomic mass is 32.2. The molecule has 2 atom stereocenters. The normalized spacial score (nSPS) is 22.0. The van der Waals surface area contributed by atoms with E-state index in [1.54, 1.807) is 0 Å². The van der Waals surface area contributed by atoms with Crippen molar-refractivity contribution >= 4 is 25.8 Å². The number of rotatable bonds is 5. The van der Waals surface area contributed by atoms with Crippen molar-refractivity contribution in [2.75, 3.05) is 19.9 Å². The summed E-state index contributed by atoms with van der Waals surface area (Å²) in [6.07, 6.45) is 1.44. The molecule has 1 aromatic rings. The highest BCUT2D eigenvalue weighted by Crippen LogP contribution is 2.29. The van der Waals surface area contributed by atoms with Crippen LogP contribution in [0, 0.1) is 0 Å². The second-order valence-electron chi connectivity index (χ2n) is 7.62. The van der Waals surface area contributed by atoms with Gasteiger partial charge in [0, 0.05) is 24.4 Å². The summed E-state index contributed by atoms with van der Waals surface area (Å²) in [6.45, 7) is 5.90. The number of hydrogen-bond donors (Lipinski definition) is 1. The number of ether oxygens (including phenoxy) is 1. The van der Waals surface area contributed by atoms with Gasteiger partial charge < -0.3 is 10.1 Å². The van der Waals surface area contributed by atoms with E-state index in [2.05, 4.69) is 5.32 Å². The molecule has 1 aliphatic rings. The second kappa shape index (κ2) is 7.50. The molecule has 2 rings (SSSR count). The van der Waals surface area contributed by atoms with Gasteiger partial charge in [0.05, 0.1) is 16.9 Å². The average Bonchev–Trinajstić information content (AvgIpc) is 2.95. The molecule has 8 nitrogen and oxygen atoms in total. The van der Waals surface area contributed by atoms with Gasteiger partial charge in [-0.3, -0.25) is 4.79 Å². The third-order valence-electron chi connectivity index (χ3n) is 4.25. The van der Waals surface area contributed by atoms with Gasteiger partial charge in [-0.1, -0.05) is 6.07 Å². The maximum atomic E-state index is 13.2. The Kier molecular flexibility index (Phi) is 6.05. The molecule has 1 fully saturated rings. The summed E-state index contributed by atoms with van der Waals surface area (Å²) in [5.41, 5.74) is -0.326. The average molecular weight is 419 g/mol. The second-order valence-corrected chi connectivity index (χ2v) is 11.5. The number of esters is 1. The third-order valence-corrected chi connectivity index (χ3v) is 7.24. The number of benzene rings is 1. The van der Waals surface area contributed by atoms with Crippen LogP contribution in [0.5, 0.6) is 0 Å². The Morgan fingerprint density at radius 3 is 2.30 bits per heavy atom. The first-order chi connectivity index (χ1) is 12.3. The number of sulfone groups is 1. The number of hydrogen-bond acceptors (Lipinski definition) is 7. The molecule has 0 saturated carbocycles. The quantitative estimate of drug-likeness (QED) is 0.704. The smallest absolute Gasteiger partial charge is 0.325 e. The molecule has 1 heterocycles. The Morgan fingerprint density at radius 2 is 1.78 bits per heavy atom. The van der Waals surface area contributed by atoms with Crippen LogP contribution in [0.4, 0.5) is 0 Å². The van der Waals surface area contributed by atoms with Gasteiger partial charge in [-0.15, -0.1) is 0 Å². The molecule has 0 bridgehead atoms. The zero-order valence-corrected chi connectivity index (χ0v) is 17.7. The van der Waals surface area contributed by atoms with Crippen molar-refractivity contribution in [1.29, 1.82) is 0 Å². The summed E-state index contributed by atoms with van der Waals surface area (Å²) in [6, 6.07) is 3.70. The number of sulfonamides is 1. The highest BCUT2D eigenvalue weighted by Gasteiger charge is 2.47. The first kappa shape index (κ1) is 21.8. The van der Waals surface area contributed by atoms with Crippen LogP contribution in [-0.2, 0) is 29.4 Å². The number of nitrogens with zero attached hydrogens (tertiary/aromatic N) is 1. The molecule has 152 valence electrons. The number of methoxy groups -OCH3 is 1. The summed E-state index contributed by atoms with van der Waals surface area (Å²) >= 11 is 0. The van der Waals surface area contributed by atoms with Crippen molar-refractivity contribution in [2.24, 2.45) is 0 Å². The molecule has 1 unspecified atom stereocenters. The van der Waals surface area contributed by atoms with Gasteiger partial charge in [-0.05, 0) is 45.4 Å². The van der Waals surface area contributed by atoms with E-state index in [1.165, 1.54) is 25.3 Å². The topological polar surface area (TPSA) is 110 Å². The Balaban J connectivity index is 2.46. The van der Waals surface area contributed by atoms with E-state index in [1.807, 2.05) is 20.8 Å². The summed E-state index contributed by atoms with van der Waals surface area (Å²) < 4.78 is 55.8. The molecule has 1 saturated heterocycles. The largest absolute Gasteiger partial charge is 0.468 e. The first-order valence-electron chi connectivity index (χ1n) is 8.45. The van der Waals surface area contributed by atoms with E-state index in [0.717, 1.165) is 16.6 Å². The molecule has 0 aliphatic carbocycles. The number of nitrogens with one attached hydrogen (secondary N) is 1. The summed E-state index contributed by atoms with van der Waals surface area (Å²) in [5, 5.41) is 3.27. The van der Waals surface area contributed by atoms with Crippen LogP contribution in [-0.4, -0.2) is 64.6 Å². The lowest BCUT2D eigenvalue weighted by molar-refractivity contribution is -0.145. The lowest BCUT2D eigenvalue weighted by Gasteiger charge is -2.31. The number of carbonyl (C=O) groups is 1. The molecule has 27 heavy (non-hydrogen) atoms. The van der Waals surface area contributed by atoms with Gasteiger partial charge in [0.1, 0.15) is 6.04 Å². The van der Waals surface area contributed by atoms with E-state index in [0.29, 0.717) is 6.42 Å². The Morgan fingerprint density at radius 1 is 1.19 bits per heavy atom. The molecule has 0 radical (unpaired) electrons. The molecule has 0 aromatic heterocycles. The van der Waals surface area contributed by atoms with Crippen LogP contribution in [0.25, 0.3) is 0 Å². The molecular weight excluding hydrogens is 392 g/mol. The van der Waals surface area contributed by atoms with Gasteiger partial charge in [-0.2, -0.15) is 4.31 Å². The fraction of sp³-hybridized carbons (Fsp3) is 0.588. The van der Waals surface area contributed by atoms with Crippen molar-refractivity contribution in [2.45, 2.75) is 54.6 Å². The maximum absolute atomic E-state index is 13.2. The van der Waals surface area contributed by atoms with Crippen molar-refractivity contribution in [3.8, 4) is 0 Å². The molecular formula is C17H26N2O6S2. The molecule has 0 amide bonds. The molecule has 0 spiro atoms. The lowest BCUT2D eigenvalue weighted by atomic mass is 10.0. The Hall–Kier alpha value is -1.49. The molecule has 10 heteroatoms. The van der Waals surface area contributed by atoms with Gasteiger partial charge in [0.2, 0.25) is 10.0 Å². The lowest BCUT2D eigenvalue weighted by Crippen LogP contribution is -2.54. The number of carbonyl (C=O) groups excluding carboxylic acids is 1. The fourth-order valence-corrected chi connectivity index (χ4v) is 5.56. The van der Waals surface area contributed by atoms with Crippen LogP contribution < -0.4 is 5.32 Å². The predicted octanol–water partition coefficient (Wildman–Crippen LogP) is 0.783. The van der Waals surface area contributed by atoms with Gasteiger partial charge in [0.15, 0.2) is 9.84 Å². The van der Waals surface area contributed by atoms with Crippen molar-refractivity contribution in [3.05, 3.63) is 24.3 Å². The zero-order chi connectivity index (χ0) is 20.6. The minimum Gasteiger partial charge on any atom is -0.468 e.